The van der Waals surface area contributed by atoms with Gasteiger partial charge in [0.2, 0.25) is 11.8 Å². The van der Waals surface area contributed by atoms with Crippen LogP contribution in [0, 0.1) is 5.92 Å². The summed E-state index contributed by atoms with van der Waals surface area (Å²) >= 11 is 0. The molecule has 2 heterocycles. The lowest BCUT2D eigenvalue weighted by molar-refractivity contribution is -0.140. The van der Waals surface area contributed by atoms with E-state index in [1.54, 1.807) is 4.90 Å². The zero-order valence-corrected chi connectivity index (χ0v) is 18.6. The summed E-state index contributed by atoms with van der Waals surface area (Å²) in [7, 11) is 0. The third kappa shape index (κ3) is 5.09. The van der Waals surface area contributed by atoms with E-state index < -0.39 is 6.04 Å². The molecule has 2 aromatic rings. The number of hydrogen-bond acceptors (Lipinski definition) is 3. The van der Waals surface area contributed by atoms with Gasteiger partial charge in [0.15, 0.2) is 0 Å². The van der Waals surface area contributed by atoms with Crippen molar-refractivity contribution in [2.45, 2.75) is 58.5 Å². The molecule has 0 aromatic heterocycles. The highest BCUT2D eigenvalue weighted by molar-refractivity contribution is 5.97. The molecule has 0 bridgehead atoms. The molecule has 1 fully saturated rings. The van der Waals surface area contributed by atoms with Gasteiger partial charge in [-0.05, 0) is 60.6 Å². The number of rotatable bonds is 5. The summed E-state index contributed by atoms with van der Waals surface area (Å²) in [6.07, 6.45) is 4.79. The smallest absolute Gasteiger partial charge is 0.247 e. The first-order valence-corrected chi connectivity index (χ1v) is 11.5. The number of nitrogens with zero attached hydrogens (tertiary/aromatic N) is 2. The van der Waals surface area contributed by atoms with Crippen molar-refractivity contribution in [1.82, 2.24) is 4.90 Å². The van der Waals surface area contributed by atoms with Crippen LogP contribution in [0.1, 0.15) is 50.7 Å². The van der Waals surface area contributed by atoms with Gasteiger partial charge in [0, 0.05) is 43.9 Å². The number of piperidine rings is 1. The molecule has 2 aliphatic rings. The highest BCUT2D eigenvalue weighted by Gasteiger charge is 2.34. The summed E-state index contributed by atoms with van der Waals surface area (Å²) in [6, 6.07) is 15.7. The van der Waals surface area contributed by atoms with Crippen molar-refractivity contribution < 1.29 is 9.59 Å². The molecule has 2 aromatic carbocycles. The van der Waals surface area contributed by atoms with Gasteiger partial charge in [-0.1, -0.05) is 38.1 Å². The second-order valence-corrected chi connectivity index (χ2v) is 9.19. The summed E-state index contributed by atoms with van der Waals surface area (Å²) in [5.74, 6) is 0.193. The second kappa shape index (κ2) is 9.54. The fraction of sp³-hybridized carbons (Fsp3) is 0.462. The number of nitrogens with one attached hydrogen (secondary N) is 1. The summed E-state index contributed by atoms with van der Waals surface area (Å²) in [5.41, 5.74) is 4.27. The standard InChI is InChI=1S/C26H33N3O2/c1-19(2)16-25(30)29-18-21-9-5-4-8-20(21)17-24(29)26(31)27-22-10-12-23(13-11-22)28-14-6-3-7-15-28/h4-5,8-13,19,24H,3,6-7,14-18H2,1-2H3,(H,27,31). The van der Waals surface area contributed by atoms with E-state index >= 15 is 0 Å². The van der Waals surface area contributed by atoms with Gasteiger partial charge in [0.25, 0.3) is 0 Å². The van der Waals surface area contributed by atoms with E-state index in [1.165, 1.54) is 24.9 Å². The normalized spacial score (nSPS) is 18.6. The number of carbonyl (C=O) groups is 2. The van der Waals surface area contributed by atoms with Crippen LogP contribution in [0.5, 0.6) is 0 Å². The van der Waals surface area contributed by atoms with Crippen LogP contribution in [0.3, 0.4) is 0 Å². The van der Waals surface area contributed by atoms with E-state index in [0.717, 1.165) is 29.9 Å². The number of anilines is 2. The molecule has 0 saturated carbocycles. The predicted octanol–water partition coefficient (Wildman–Crippen LogP) is 4.62. The lowest BCUT2D eigenvalue weighted by atomic mass is 9.92. The van der Waals surface area contributed by atoms with E-state index in [1.807, 2.05) is 38.1 Å². The number of hydrogen-bond donors (Lipinski definition) is 1. The van der Waals surface area contributed by atoms with E-state index in [2.05, 4.69) is 34.5 Å². The van der Waals surface area contributed by atoms with Crippen LogP contribution in [-0.4, -0.2) is 35.8 Å². The van der Waals surface area contributed by atoms with Crippen LogP contribution in [0.2, 0.25) is 0 Å². The molecule has 2 aliphatic heterocycles. The Morgan fingerprint density at radius 1 is 0.968 bits per heavy atom. The molecule has 1 unspecified atom stereocenters. The summed E-state index contributed by atoms with van der Waals surface area (Å²) in [5, 5.41) is 3.06. The minimum atomic E-state index is -0.483. The molecule has 0 aliphatic carbocycles. The zero-order valence-electron chi connectivity index (χ0n) is 18.6. The molecule has 1 atom stereocenters. The Labute approximate surface area is 185 Å². The summed E-state index contributed by atoms with van der Waals surface area (Å²) < 4.78 is 0. The zero-order chi connectivity index (χ0) is 21.8. The number of benzene rings is 2. The fourth-order valence-corrected chi connectivity index (χ4v) is 4.62. The van der Waals surface area contributed by atoms with Crippen LogP contribution >= 0.6 is 0 Å². The average Bonchev–Trinajstić information content (AvgIpc) is 2.79. The second-order valence-electron chi connectivity index (χ2n) is 9.19. The summed E-state index contributed by atoms with van der Waals surface area (Å²) in [4.78, 5) is 30.4. The van der Waals surface area contributed by atoms with Crippen molar-refractivity contribution >= 4 is 23.2 Å². The van der Waals surface area contributed by atoms with Crippen molar-refractivity contribution in [3.05, 3.63) is 59.7 Å². The van der Waals surface area contributed by atoms with Crippen molar-refractivity contribution in [2.75, 3.05) is 23.3 Å². The monoisotopic (exact) mass is 419 g/mol. The van der Waals surface area contributed by atoms with Gasteiger partial charge in [-0.15, -0.1) is 0 Å². The quantitative estimate of drug-likeness (QED) is 0.770. The Balaban J connectivity index is 1.49. The number of fused-ring (bicyclic) bond motifs is 1. The number of carbonyl (C=O) groups excluding carboxylic acids is 2. The molecule has 0 spiro atoms. The van der Waals surface area contributed by atoms with Crippen molar-refractivity contribution in [3.63, 3.8) is 0 Å². The predicted molar refractivity (Wildman–Crippen MR) is 125 cm³/mol. The van der Waals surface area contributed by atoms with Crippen LogP contribution in [0.15, 0.2) is 48.5 Å². The molecular weight excluding hydrogens is 386 g/mol. The van der Waals surface area contributed by atoms with Crippen LogP contribution in [0.25, 0.3) is 0 Å². The van der Waals surface area contributed by atoms with Gasteiger partial charge in [0.1, 0.15) is 6.04 Å². The van der Waals surface area contributed by atoms with Gasteiger partial charge in [-0.3, -0.25) is 9.59 Å². The third-order valence-electron chi connectivity index (χ3n) is 6.31. The first-order chi connectivity index (χ1) is 15.0. The molecule has 1 saturated heterocycles. The van der Waals surface area contributed by atoms with Gasteiger partial charge < -0.3 is 15.1 Å². The molecule has 31 heavy (non-hydrogen) atoms. The fourth-order valence-electron chi connectivity index (χ4n) is 4.62. The maximum absolute atomic E-state index is 13.2. The first-order valence-electron chi connectivity index (χ1n) is 11.5. The Hall–Kier alpha value is -2.82. The molecule has 164 valence electrons. The van der Waals surface area contributed by atoms with E-state index in [9.17, 15) is 9.59 Å². The van der Waals surface area contributed by atoms with E-state index in [0.29, 0.717) is 19.4 Å². The molecule has 2 amide bonds. The number of amides is 2. The molecular formula is C26H33N3O2. The van der Waals surface area contributed by atoms with E-state index in [-0.39, 0.29) is 17.7 Å². The van der Waals surface area contributed by atoms with Crippen molar-refractivity contribution in [2.24, 2.45) is 5.92 Å². The average molecular weight is 420 g/mol. The van der Waals surface area contributed by atoms with Crippen LogP contribution < -0.4 is 10.2 Å². The Bertz CT molecular complexity index is 917. The Morgan fingerprint density at radius 2 is 1.65 bits per heavy atom. The highest BCUT2D eigenvalue weighted by atomic mass is 16.2. The molecule has 1 N–H and O–H groups in total. The third-order valence-corrected chi connectivity index (χ3v) is 6.31. The molecule has 5 nitrogen and oxygen atoms in total. The van der Waals surface area contributed by atoms with Crippen LogP contribution in [-0.2, 0) is 22.6 Å². The first kappa shape index (κ1) is 21.4. The Kier molecular flexibility index (Phi) is 6.59. The molecule has 4 rings (SSSR count). The van der Waals surface area contributed by atoms with Gasteiger partial charge >= 0.3 is 0 Å². The van der Waals surface area contributed by atoms with Crippen molar-refractivity contribution in [1.29, 1.82) is 0 Å². The lowest BCUT2D eigenvalue weighted by Crippen LogP contribution is -2.50. The van der Waals surface area contributed by atoms with Gasteiger partial charge in [-0.2, -0.15) is 0 Å². The minimum absolute atomic E-state index is 0.0464. The van der Waals surface area contributed by atoms with Gasteiger partial charge in [-0.25, -0.2) is 0 Å². The SMILES string of the molecule is CC(C)CC(=O)N1Cc2ccccc2CC1C(=O)Nc1ccc(N2CCCCC2)cc1. The highest BCUT2D eigenvalue weighted by Crippen LogP contribution is 2.27. The topological polar surface area (TPSA) is 52.7 Å². The Morgan fingerprint density at radius 3 is 2.32 bits per heavy atom. The molecule has 0 radical (unpaired) electrons. The largest absolute Gasteiger partial charge is 0.372 e. The van der Waals surface area contributed by atoms with Gasteiger partial charge in [0.05, 0.1) is 0 Å². The molecule has 5 heteroatoms. The van der Waals surface area contributed by atoms with Crippen molar-refractivity contribution in [3.8, 4) is 0 Å². The maximum Gasteiger partial charge on any atom is 0.247 e. The summed E-state index contributed by atoms with van der Waals surface area (Å²) in [6.45, 7) is 6.76. The van der Waals surface area contributed by atoms with Crippen LogP contribution in [0.4, 0.5) is 11.4 Å². The maximum atomic E-state index is 13.2. The van der Waals surface area contributed by atoms with E-state index in [4.69, 9.17) is 0 Å². The lowest BCUT2D eigenvalue weighted by Gasteiger charge is -2.36. The minimum Gasteiger partial charge on any atom is -0.372 e.